The Labute approximate surface area is 183 Å². The number of amides is 1. The molecule has 0 spiro atoms. The lowest BCUT2D eigenvalue weighted by Gasteiger charge is -2.34. The number of nitrogens with zero attached hydrogens (tertiary/aromatic N) is 2. The molecule has 7 nitrogen and oxygen atoms in total. The molecule has 2 atom stereocenters. The van der Waals surface area contributed by atoms with E-state index >= 15 is 0 Å². The summed E-state index contributed by atoms with van der Waals surface area (Å²) in [6.07, 6.45) is -0.345. The quantitative estimate of drug-likeness (QED) is 0.765. The molecule has 1 aliphatic rings. The van der Waals surface area contributed by atoms with Crippen LogP contribution in [-0.2, 0) is 20.2 Å². The Bertz CT molecular complexity index is 1080. The second-order valence-electron chi connectivity index (χ2n) is 8.37. The lowest BCUT2D eigenvalue weighted by atomic mass is 9.86. The Kier molecular flexibility index (Phi) is 6.51. The topological polar surface area (TPSA) is 99.5 Å². The Balaban J connectivity index is 1.71. The molecular formula is C23H27N3O4S. The van der Waals surface area contributed by atoms with E-state index in [0.29, 0.717) is 24.3 Å². The van der Waals surface area contributed by atoms with Crippen LogP contribution in [0.3, 0.4) is 0 Å². The van der Waals surface area contributed by atoms with Gasteiger partial charge in [-0.3, -0.25) is 4.79 Å². The van der Waals surface area contributed by atoms with Gasteiger partial charge in [0.25, 0.3) is 5.91 Å². The van der Waals surface area contributed by atoms with Crippen LogP contribution in [0.25, 0.3) is 0 Å². The van der Waals surface area contributed by atoms with Gasteiger partial charge in [0.15, 0.2) is 0 Å². The van der Waals surface area contributed by atoms with Crippen molar-refractivity contribution in [3.05, 3.63) is 59.7 Å². The molecule has 0 aromatic heterocycles. The molecule has 1 aliphatic heterocycles. The summed E-state index contributed by atoms with van der Waals surface area (Å²) in [5.74, 6) is -0.343. The highest BCUT2D eigenvalue weighted by Gasteiger charge is 2.32. The van der Waals surface area contributed by atoms with Crippen LogP contribution in [0.1, 0.15) is 43.6 Å². The summed E-state index contributed by atoms with van der Waals surface area (Å²) in [7, 11) is -3.66. The zero-order valence-corrected chi connectivity index (χ0v) is 18.9. The summed E-state index contributed by atoms with van der Waals surface area (Å²) in [5.41, 5.74) is 1.19. The maximum absolute atomic E-state index is 12.9. The molecule has 1 saturated heterocycles. The van der Waals surface area contributed by atoms with E-state index in [2.05, 4.69) is 11.4 Å². The molecule has 8 heteroatoms. The monoisotopic (exact) mass is 441 g/mol. The van der Waals surface area contributed by atoms with Crippen LogP contribution in [0.2, 0.25) is 0 Å². The molecule has 164 valence electrons. The molecule has 1 N–H and O–H groups in total. The van der Waals surface area contributed by atoms with E-state index in [4.69, 9.17) is 4.74 Å². The van der Waals surface area contributed by atoms with Crippen LogP contribution in [0.5, 0.6) is 0 Å². The smallest absolute Gasteiger partial charge is 0.255 e. The summed E-state index contributed by atoms with van der Waals surface area (Å²) in [4.78, 5) is 12.7. The molecule has 1 amide bonds. The molecule has 31 heavy (non-hydrogen) atoms. The van der Waals surface area contributed by atoms with Gasteiger partial charge in [-0.25, -0.2) is 8.42 Å². The average Bonchev–Trinajstić information content (AvgIpc) is 2.73. The molecule has 0 aliphatic carbocycles. The molecule has 1 fully saturated rings. The van der Waals surface area contributed by atoms with Crippen molar-refractivity contribution in [2.24, 2.45) is 0 Å². The average molecular weight is 442 g/mol. The standard InChI is InChI=1S/C23H27N3O4S/c1-16-13-26(14-17(2)30-16)31(28,29)21-11-5-18(6-12-21)22(27)25-20-9-7-19(8-10-20)23(3,4)15-24/h5-12,16-17H,13-14H2,1-4H3,(H,25,27). The molecule has 0 saturated carbocycles. The summed E-state index contributed by atoms with van der Waals surface area (Å²) in [6, 6.07) is 15.2. The van der Waals surface area contributed by atoms with Crippen molar-refractivity contribution < 1.29 is 17.9 Å². The summed E-state index contributed by atoms with van der Waals surface area (Å²) >= 11 is 0. The third-order valence-corrected chi connectivity index (χ3v) is 7.13. The van der Waals surface area contributed by atoms with Crippen molar-refractivity contribution in [1.82, 2.24) is 4.31 Å². The van der Waals surface area contributed by atoms with Crippen molar-refractivity contribution in [2.75, 3.05) is 18.4 Å². The van der Waals surface area contributed by atoms with Crippen molar-refractivity contribution in [1.29, 1.82) is 5.26 Å². The van der Waals surface area contributed by atoms with Gasteiger partial charge in [-0.1, -0.05) is 12.1 Å². The minimum atomic E-state index is -3.66. The van der Waals surface area contributed by atoms with Gasteiger partial charge in [0.05, 0.1) is 28.6 Å². The Morgan fingerprint density at radius 2 is 1.61 bits per heavy atom. The van der Waals surface area contributed by atoms with Crippen LogP contribution in [-0.4, -0.2) is 43.9 Å². The number of hydrogen-bond donors (Lipinski definition) is 1. The number of rotatable bonds is 5. The maximum Gasteiger partial charge on any atom is 0.255 e. The van der Waals surface area contributed by atoms with Crippen LogP contribution in [0.15, 0.2) is 53.4 Å². The number of ether oxygens (including phenoxy) is 1. The van der Waals surface area contributed by atoms with E-state index < -0.39 is 15.4 Å². The third-order valence-electron chi connectivity index (χ3n) is 5.28. The maximum atomic E-state index is 12.9. The molecule has 3 rings (SSSR count). The molecular weight excluding hydrogens is 414 g/mol. The van der Waals surface area contributed by atoms with E-state index in [1.165, 1.54) is 28.6 Å². The fourth-order valence-electron chi connectivity index (χ4n) is 3.49. The van der Waals surface area contributed by atoms with Crippen molar-refractivity contribution in [2.45, 2.75) is 50.2 Å². The first kappa shape index (κ1) is 22.9. The van der Waals surface area contributed by atoms with Gasteiger partial charge < -0.3 is 10.1 Å². The van der Waals surface area contributed by atoms with Gasteiger partial charge >= 0.3 is 0 Å². The third kappa shape index (κ3) is 5.13. The Hall–Kier alpha value is -2.73. The second kappa shape index (κ2) is 8.79. The van der Waals surface area contributed by atoms with Crippen LogP contribution in [0.4, 0.5) is 5.69 Å². The van der Waals surface area contributed by atoms with E-state index in [1.54, 1.807) is 24.3 Å². The number of benzene rings is 2. The van der Waals surface area contributed by atoms with Crippen LogP contribution < -0.4 is 5.32 Å². The molecule has 0 radical (unpaired) electrons. The number of hydrogen-bond acceptors (Lipinski definition) is 5. The first-order valence-electron chi connectivity index (χ1n) is 10.1. The zero-order chi connectivity index (χ0) is 22.8. The number of nitriles is 1. The number of carbonyl (C=O) groups excluding carboxylic acids is 1. The highest BCUT2D eigenvalue weighted by atomic mass is 32.2. The van der Waals surface area contributed by atoms with Crippen molar-refractivity contribution in [3.63, 3.8) is 0 Å². The van der Waals surface area contributed by atoms with Gasteiger partial charge in [-0.05, 0) is 69.7 Å². The first-order chi connectivity index (χ1) is 14.5. The number of carbonyl (C=O) groups is 1. The Morgan fingerprint density at radius 1 is 1.06 bits per heavy atom. The first-order valence-corrected chi connectivity index (χ1v) is 11.6. The van der Waals surface area contributed by atoms with E-state index in [-0.39, 0.29) is 23.0 Å². The second-order valence-corrected chi connectivity index (χ2v) is 10.3. The predicted molar refractivity (Wildman–Crippen MR) is 118 cm³/mol. The molecule has 2 unspecified atom stereocenters. The van der Waals surface area contributed by atoms with Crippen LogP contribution >= 0.6 is 0 Å². The number of nitrogens with one attached hydrogen (secondary N) is 1. The fraction of sp³-hybridized carbons (Fsp3) is 0.391. The predicted octanol–water partition coefficient (Wildman–Crippen LogP) is 3.54. The fourth-order valence-corrected chi connectivity index (χ4v) is 5.08. The van der Waals surface area contributed by atoms with Crippen LogP contribution in [0, 0.1) is 11.3 Å². The van der Waals surface area contributed by atoms with Gasteiger partial charge in [0.1, 0.15) is 0 Å². The van der Waals surface area contributed by atoms with Gasteiger partial charge in [0.2, 0.25) is 10.0 Å². The SMILES string of the molecule is CC1CN(S(=O)(=O)c2ccc(C(=O)Nc3ccc(C(C)(C)C#N)cc3)cc2)CC(C)O1. The summed E-state index contributed by atoms with van der Waals surface area (Å²) < 4.78 is 32.9. The van der Waals surface area contributed by atoms with Crippen molar-refractivity contribution in [3.8, 4) is 6.07 Å². The summed E-state index contributed by atoms with van der Waals surface area (Å²) in [5, 5.41) is 12.0. The molecule has 0 bridgehead atoms. The normalized spacial score (nSPS) is 20.1. The molecule has 2 aromatic carbocycles. The van der Waals surface area contributed by atoms with E-state index in [9.17, 15) is 18.5 Å². The van der Waals surface area contributed by atoms with Crippen molar-refractivity contribution >= 4 is 21.6 Å². The molecule has 1 heterocycles. The Morgan fingerprint density at radius 3 is 2.13 bits per heavy atom. The number of anilines is 1. The molecule has 2 aromatic rings. The van der Waals surface area contributed by atoms with Gasteiger partial charge in [-0.2, -0.15) is 9.57 Å². The minimum absolute atomic E-state index is 0.147. The lowest BCUT2D eigenvalue weighted by Crippen LogP contribution is -2.48. The largest absolute Gasteiger partial charge is 0.373 e. The van der Waals surface area contributed by atoms with E-state index in [0.717, 1.165) is 5.56 Å². The van der Waals surface area contributed by atoms with Gasteiger partial charge in [-0.15, -0.1) is 0 Å². The lowest BCUT2D eigenvalue weighted by molar-refractivity contribution is -0.0440. The number of morpholine rings is 1. The van der Waals surface area contributed by atoms with E-state index in [1.807, 2.05) is 27.7 Å². The summed E-state index contributed by atoms with van der Waals surface area (Å²) in [6.45, 7) is 7.95. The number of sulfonamides is 1. The highest BCUT2D eigenvalue weighted by molar-refractivity contribution is 7.89. The minimum Gasteiger partial charge on any atom is -0.373 e. The zero-order valence-electron chi connectivity index (χ0n) is 18.1. The van der Waals surface area contributed by atoms with Gasteiger partial charge in [0, 0.05) is 24.3 Å². The highest BCUT2D eigenvalue weighted by Crippen LogP contribution is 2.24.